The normalized spacial score (nSPS) is 14.0. The maximum absolute atomic E-state index is 14.8. The number of aromatic nitrogens is 1. The summed E-state index contributed by atoms with van der Waals surface area (Å²) in [6.07, 6.45) is 0.946. The monoisotopic (exact) mass is 459 g/mol. The lowest BCUT2D eigenvalue weighted by Crippen LogP contribution is -2.51. The van der Waals surface area contributed by atoms with Crippen LogP contribution >= 0.6 is 0 Å². The van der Waals surface area contributed by atoms with E-state index in [-0.39, 0.29) is 16.9 Å². The van der Waals surface area contributed by atoms with Crippen molar-refractivity contribution < 1.29 is 23.6 Å². The molecule has 0 aliphatic carbocycles. The molecule has 0 saturated carbocycles. The number of aliphatic carboxylic acids is 1. The molecule has 32 heavy (non-hydrogen) atoms. The molecule has 0 aliphatic rings. The third-order valence-electron chi connectivity index (χ3n) is 4.46. The number of benzene rings is 1. The zero-order valence-electron chi connectivity index (χ0n) is 18.6. The van der Waals surface area contributed by atoms with Crippen LogP contribution in [-0.4, -0.2) is 31.3 Å². The molecule has 0 unspecified atom stereocenters. The number of hydrogen-bond acceptors (Lipinski definition) is 5. The molecule has 7 nitrogen and oxygen atoms in total. The molecule has 1 amide bonds. The van der Waals surface area contributed by atoms with Gasteiger partial charge in [-0.3, -0.25) is 9.59 Å². The topological polar surface area (TPSA) is 114 Å². The van der Waals surface area contributed by atoms with Crippen LogP contribution in [0.4, 0.5) is 10.1 Å². The van der Waals surface area contributed by atoms with Gasteiger partial charge in [0.15, 0.2) is 0 Å². The maximum atomic E-state index is 14.8. The number of halogens is 1. The Morgan fingerprint density at radius 3 is 2.44 bits per heavy atom. The number of hydrogen-bond donors (Lipinski definition) is 3. The maximum Gasteiger partial charge on any atom is 0.305 e. The third-order valence-corrected chi connectivity index (χ3v) is 6.21. The fourth-order valence-corrected chi connectivity index (χ4v) is 3.71. The third kappa shape index (κ3) is 6.53. The molecule has 0 fully saturated rings. The van der Waals surface area contributed by atoms with Gasteiger partial charge in [-0.1, -0.05) is 5.92 Å². The van der Waals surface area contributed by atoms with Gasteiger partial charge in [0.05, 0.1) is 12.0 Å². The van der Waals surface area contributed by atoms with Crippen molar-refractivity contribution in [3.63, 3.8) is 0 Å². The SMILES string of the molecule is CC#Cc1ccc(C(=O)Nc2ccc(F)c([C@](C)(CC(=O)O)N[S@+]([O-])C(C)(C)C)c2)nc1. The van der Waals surface area contributed by atoms with Crippen molar-refractivity contribution in [2.24, 2.45) is 0 Å². The number of carbonyl (C=O) groups is 2. The summed E-state index contributed by atoms with van der Waals surface area (Å²) in [5.74, 6) is 3.16. The molecule has 2 aromatic rings. The predicted octanol–water partition coefficient (Wildman–Crippen LogP) is 3.59. The largest absolute Gasteiger partial charge is 0.598 e. The van der Waals surface area contributed by atoms with Crippen LogP contribution in [0.25, 0.3) is 0 Å². The van der Waals surface area contributed by atoms with Crippen LogP contribution in [-0.2, 0) is 21.7 Å². The highest BCUT2D eigenvalue weighted by Crippen LogP contribution is 2.32. The average Bonchev–Trinajstić information content (AvgIpc) is 2.68. The highest BCUT2D eigenvalue weighted by atomic mass is 32.2. The first-order valence-electron chi connectivity index (χ1n) is 9.77. The molecule has 9 heteroatoms. The molecule has 170 valence electrons. The van der Waals surface area contributed by atoms with Gasteiger partial charge in [0.1, 0.15) is 16.3 Å². The van der Waals surface area contributed by atoms with Gasteiger partial charge < -0.3 is 15.0 Å². The second-order valence-corrected chi connectivity index (χ2v) is 10.3. The molecule has 0 spiro atoms. The summed E-state index contributed by atoms with van der Waals surface area (Å²) < 4.78 is 29.5. The van der Waals surface area contributed by atoms with Crippen molar-refractivity contribution in [3.05, 3.63) is 59.2 Å². The first-order valence-corrected chi connectivity index (χ1v) is 10.9. The number of amides is 1. The lowest BCUT2D eigenvalue weighted by atomic mass is 9.89. The fourth-order valence-electron chi connectivity index (χ4n) is 2.81. The molecule has 3 N–H and O–H groups in total. The summed E-state index contributed by atoms with van der Waals surface area (Å²) in [6.45, 7) is 8.30. The van der Waals surface area contributed by atoms with Gasteiger partial charge in [-0.2, -0.15) is 0 Å². The Bertz CT molecular complexity index is 1060. The van der Waals surface area contributed by atoms with Crippen LogP contribution in [0.2, 0.25) is 0 Å². The molecule has 0 bridgehead atoms. The molecule has 0 radical (unpaired) electrons. The van der Waals surface area contributed by atoms with Crippen molar-refractivity contribution in [3.8, 4) is 11.8 Å². The highest BCUT2D eigenvalue weighted by molar-refractivity contribution is 7.90. The molecule has 0 saturated heterocycles. The van der Waals surface area contributed by atoms with E-state index >= 15 is 0 Å². The Kier molecular flexibility index (Phi) is 8.02. The Balaban J connectivity index is 2.36. The smallest absolute Gasteiger partial charge is 0.305 e. The van der Waals surface area contributed by atoms with Gasteiger partial charge in [0, 0.05) is 34.4 Å². The van der Waals surface area contributed by atoms with Crippen LogP contribution in [0.15, 0.2) is 36.5 Å². The number of carboxylic acid groups (broad SMARTS) is 1. The van der Waals surface area contributed by atoms with Crippen molar-refractivity contribution >= 4 is 28.9 Å². The summed E-state index contributed by atoms with van der Waals surface area (Å²) in [5, 5.41) is 12.0. The number of rotatable bonds is 7. The summed E-state index contributed by atoms with van der Waals surface area (Å²) in [5.41, 5.74) is -0.483. The van der Waals surface area contributed by atoms with Crippen LogP contribution < -0.4 is 10.0 Å². The molecular formula is C23H26FN3O4S. The van der Waals surface area contributed by atoms with E-state index in [9.17, 15) is 23.6 Å². The lowest BCUT2D eigenvalue weighted by Gasteiger charge is -2.34. The van der Waals surface area contributed by atoms with Crippen LogP contribution in [0.1, 0.15) is 62.7 Å². The van der Waals surface area contributed by atoms with E-state index < -0.39 is 45.8 Å². The molecule has 0 aliphatic heterocycles. The van der Waals surface area contributed by atoms with Gasteiger partial charge in [0.25, 0.3) is 5.91 Å². The van der Waals surface area contributed by atoms with E-state index in [0.717, 1.165) is 6.07 Å². The average molecular weight is 460 g/mol. The quantitative estimate of drug-likeness (QED) is 0.431. The van der Waals surface area contributed by atoms with Gasteiger partial charge in [-0.05, 0) is 65.0 Å². The summed E-state index contributed by atoms with van der Waals surface area (Å²) in [6, 6.07) is 6.99. The van der Waals surface area contributed by atoms with Crippen molar-refractivity contribution in [1.29, 1.82) is 0 Å². The zero-order valence-corrected chi connectivity index (χ0v) is 19.4. The van der Waals surface area contributed by atoms with E-state index in [0.29, 0.717) is 5.56 Å². The van der Waals surface area contributed by atoms with E-state index in [1.807, 2.05) is 0 Å². The number of nitrogens with one attached hydrogen (secondary N) is 2. The Morgan fingerprint density at radius 1 is 1.22 bits per heavy atom. The Morgan fingerprint density at radius 2 is 1.91 bits per heavy atom. The lowest BCUT2D eigenvalue weighted by molar-refractivity contribution is -0.138. The zero-order chi connectivity index (χ0) is 24.1. The second kappa shape index (κ2) is 10.1. The van der Waals surface area contributed by atoms with E-state index in [4.69, 9.17) is 0 Å². The number of carboxylic acids is 1. The van der Waals surface area contributed by atoms with E-state index in [2.05, 4.69) is 26.9 Å². The molecule has 1 aromatic carbocycles. The highest BCUT2D eigenvalue weighted by Gasteiger charge is 2.40. The summed E-state index contributed by atoms with van der Waals surface area (Å²) in [4.78, 5) is 28.1. The van der Waals surface area contributed by atoms with Gasteiger partial charge in [-0.15, -0.1) is 10.6 Å². The van der Waals surface area contributed by atoms with E-state index in [1.54, 1.807) is 33.8 Å². The summed E-state index contributed by atoms with van der Waals surface area (Å²) in [7, 11) is 0. The van der Waals surface area contributed by atoms with Crippen LogP contribution in [0.5, 0.6) is 0 Å². The predicted molar refractivity (Wildman–Crippen MR) is 122 cm³/mol. The van der Waals surface area contributed by atoms with Gasteiger partial charge in [-0.25, -0.2) is 9.37 Å². The van der Waals surface area contributed by atoms with Crippen LogP contribution in [0.3, 0.4) is 0 Å². The minimum Gasteiger partial charge on any atom is -0.598 e. The molecule has 1 heterocycles. The number of carbonyl (C=O) groups excluding carboxylic acids is 1. The minimum absolute atomic E-state index is 0.0307. The number of pyridine rings is 1. The molecular weight excluding hydrogens is 433 g/mol. The van der Waals surface area contributed by atoms with E-state index in [1.165, 1.54) is 31.3 Å². The van der Waals surface area contributed by atoms with Crippen molar-refractivity contribution in [2.75, 3.05) is 5.32 Å². The summed E-state index contributed by atoms with van der Waals surface area (Å²) >= 11 is -1.67. The van der Waals surface area contributed by atoms with Gasteiger partial charge in [0.2, 0.25) is 0 Å². The first kappa shape index (κ1) is 25.3. The van der Waals surface area contributed by atoms with Gasteiger partial charge >= 0.3 is 5.97 Å². The minimum atomic E-state index is -1.67. The number of anilines is 1. The van der Waals surface area contributed by atoms with Crippen molar-refractivity contribution in [2.45, 2.75) is 51.3 Å². The first-order chi connectivity index (χ1) is 14.9. The van der Waals surface area contributed by atoms with Crippen LogP contribution in [0, 0.1) is 17.7 Å². The molecule has 2 rings (SSSR count). The molecule has 2 atom stereocenters. The second-order valence-electron chi connectivity index (χ2n) is 8.34. The standard InChI is InChI=1S/C23H26FN3O4S/c1-6-7-15-8-11-19(25-14-15)21(30)26-16-9-10-18(24)17(12-16)23(5,13-20(28)29)27-32(31)22(2,3)4/h8-12,14,27H,13H2,1-5H3,(H,26,30)(H,28,29)/t23-,32+/m0/s1. The van der Waals surface area contributed by atoms with Crippen molar-refractivity contribution in [1.82, 2.24) is 9.71 Å². The Labute approximate surface area is 190 Å². The molecule has 1 aromatic heterocycles. The number of nitrogens with zero attached hydrogens (tertiary/aromatic N) is 1. The Hall–Kier alpha value is -2.93. The fraction of sp³-hybridized carbons (Fsp3) is 0.348.